The Hall–Kier alpha value is -1.96. The minimum atomic E-state index is 0.875. The topological polar surface area (TPSA) is 15.3 Å². The molecule has 0 radical (unpaired) electrons. The summed E-state index contributed by atoms with van der Waals surface area (Å²) >= 11 is 0. The highest BCUT2D eigenvalue weighted by Gasteiger charge is 2.03. The molecule has 2 rings (SSSR count). The Balaban J connectivity index is 2.13. The molecule has 0 heterocycles. The summed E-state index contributed by atoms with van der Waals surface area (Å²) in [6, 6.07) is 15.2. The number of anilines is 2. The van der Waals surface area contributed by atoms with Gasteiger partial charge in [-0.05, 0) is 42.2 Å². The Morgan fingerprint density at radius 1 is 1.00 bits per heavy atom. The third-order valence-electron chi connectivity index (χ3n) is 3.67. The fraction of sp³-hybridized carbons (Fsp3) is 0.333. The molecule has 0 unspecified atom stereocenters. The largest absolute Gasteiger partial charge is 0.381 e. The van der Waals surface area contributed by atoms with Gasteiger partial charge in [0.2, 0.25) is 0 Å². The number of benzene rings is 2. The molecule has 0 aliphatic carbocycles. The van der Waals surface area contributed by atoms with Crippen molar-refractivity contribution < 1.29 is 0 Å². The SMILES string of the molecule is CCc1ccccc1CNc1ccc(C)c(N(C)C)c1. The predicted molar refractivity (Wildman–Crippen MR) is 88.7 cm³/mol. The maximum absolute atomic E-state index is 3.53. The van der Waals surface area contributed by atoms with Crippen molar-refractivity contribution in [1.29, 1.82) is 0 Å². The first-order valence-electron chi connectivity index (χ1n) is 7.20. The van der Waals surface area contributed by atoms with Gasteiger partial charge >= 0.3 is 0 Å². The lowest BCUT2D eigenvalue weighted by molar-refractivity contribution is 1.04. The van der Waals surface area contributed by atoms with Crippen molar-refractivity contribution in [2.75, 3.05) is 24.3 Å². The first-order valence-corrected chi connectivity index (χ1v) is 7.20. The van der Waals surface area contributed by atoms with Crippen LogP contribution in [-0.2, 0) is 13.0 Å². The van der Waals surface area contributed by atoms with Crippen molar-refractivity contribution in [3.8, 4) is 0 Å². The molecule has 0 aliphatic rings. The summed E-state index contributed by atoms with van der Waals surface area (Å²) in [5.41, 5.74) is 6.53. The average Bonchev–Trinajstić information content (AvgIpc) is 2.46. The lowest BCUT2D eigenvalue weighted by Crippen LogP contribution is -2.11. The lowest BCUT2D eigenvalue weighted by atomic mass is 10.1. The highest BCUT2D eigenvalue weighted by molar-refractivity contribution is 5.62. The van der Waals surface area contributed by atoms with Gasteiger partial charge in [0.25, 0.3) is 0 Å². The van der Waals surface area contributed by atoms with Crippen molar-refractivity contribution in [2.24, 2.45) is 0 Å². The Bertz CT molecular complexity index is 573. The van der Waals surface area contributed by atoms with Crippen LogP contribution in [0, 0.1) is 6.92 Å². The second-order valence-corrected chi connectivity index (χ2v) is 5.37. The van der Waals surface area contributed by atoms with E-state index in [9.17, 15) is 0 Å². The number of rotatable bonds is 5. The van der Waals surface area contributed by atoms with E-state index in [2.05, 4.69) is 80.6 Å². The van der Waals surface area contributed by atoms with E-state index >= 15 is 0 Å². The van der Waals surface area contributed by atoms with Crippen LogP contribution in [0.2, 0.25) is 0 Å². The third kappa shape index (κ3) is 3.32. The van der Waals surface area contributed by atoms with E-state index in [4.69, 9.17) is 0 Å². The van der Waals surface area contributed by atoms with Gasteiger partial charge in [-0.2, -0.15) is 0 Å². The van der Waals surface area contributed by atoms with E-state index < -0.39 is 0 Å². The molecular weight excluding hydrogens is 244 g/mol. The second kappa shape index (κ2) is 6.47. The molecule has 0 saturated carbocycles. The van der Waals surface area contributed by atoms with Gasteiger partial charge in [0.1, 0.15) is 0 Å². The quantitative estimate of drug-likeness (QED) is 0.872. The molecule has 0 saturated heterocycles. The van der Waals surface area contributed by atoms with Crippen molar-refractivity contribution in [3.05, 3.63) is 59.2 Å². The highest BCUT2D eigenvalue weighted by atomic mass is 15.1. The Labute approximate surface area is 122 Å². The monoisotopic (exact) mass is 268 g/mol. The lowest BCUT2D eigenvalue weighted by Gasteiger charge is -2.18. The van der Waals surface area contributed by atoms with Gasteiger partial charge in [-0.15, -0.1) is 0 Å². The zero-order valence-corrected chi connectivity index (χ0v) is 12.9. The van der Waals surface area contributed by atoms with Crippen LogP contribution >= 0.6 is 0 Å². The molecular formula is C18H24N2. The molecule has 20 heavy (non-hydrogen) atoms. The van der Waals surface area contributed by atoms with Crippen molar-refractivity contribution in [3.63, 3.8) is 0 Å². The number of nitrogens with zero attached hydrogens (tertiary/aromatic N) is 1. The summed E-state index contributed by atoms with van der Waals surface area (Å²) in [7, 11) is 4.16. The fourth-order valence-electron chi connectivity index (χ4n) is 2.47. The molecule has 0 atom stereocenters. The normalized spacial score (nSPS) is 10.4. The molecule has 0 spiro atoms. The minimum Gasteiger partial charge on any atom is -0.381 e. The molecule has 1 N–H and O–H groups in total. The third-order valence-corrected chi connectivity index (χ3v) is 3.67. The van der Waals surface area contributed by atoms with Gasteiger partial charge in [0, 0.05) is 32.0 Å². The van der Waals surface area contributed by atoms with Gasteiger partial charge in [-0.25, -0.2) is 0 Å². The predicted octanol–water partition coefficient (Wildman–Crippen LogP) is 4.24. The summed E-state index contributed by atoms with van der Waals surface area (Å²) in [6.07, 6.45) is 1.08. The molecule has 2 heteroatoms. The smallest absolute Gasteiger partial charge is 0.0411 e. The zero-order chi connectivity index (χ0) is 14.5. The number of nitrogens with one attached hydrogen (secondary N) is 1. The Morgan fingerprint density at radius 3 is 2.35 bits per heavy atom. The van der Waals surface area contributed by atoms with E-state index in [0.717, 1.165) is 13.0 Å². The summed E-state index contributed by atoms with van der Waals surface area (Å²) in [4.78, 5) is 2.15. The molecule has 2 aromatic rings. The van der Waals surface area contributed by atoms with Crippen LogP contribution in [0.15, 0.2) is 42.5 Å². The maximum atomic E-state index is 3.53. The van der Waals surface area contributed by atoms with Crippen molar-refractivity contribution >= 4 is 11.4 Å². The van der Waals surface area contributed by atoms with Crippen LogP contribution in [0.4, 0.5) is 11.4 Å². The molecule has 0 aromatic heterocycles. The van der Waals surface area contributed by atoms with E-state index in [1.54, 1.807) is 0 Å². The van der Waals surface area contributed by atoms with Crippen LogP contribution < -0.4 is 10.2 Å². The molecule has 106 valence electrons. The first-order chi connectivity index (χ1) is 9.61. The Kier molecular flexibility index (Phi) is 4.67. The Morgan fingerprint density at radius 2 is 1.70 bits per heavy atom. The highest BCUT2D eigenvalue weighted by Crippen LogP contribution is 2.23. The second-order valence-electron chi connectivity index (χ2n) is 5.37. The van der Waals surface area contributed by atoms with E-state index in [-0.39, 0.29) is 0 Å². The van der Waals surface area contributed by atoms with E-state index in [1.807, 2.05) is 0 Å². The molecule has 0 amide bonds. The molecule has 2 aromatic carbocycles. The summed E-state index contributed by atoms with van der Waals surface area (Å²) < 4.78 is 0. The van der Waals surface area contributed by atoms with E-state index in [1.165, 1.54) is 28.1 Å². The van der Waals surface area contributed by atoms with Crippen LogP contribution in [0.1, 0.15) is 23.6 Å². The first kappa shape index (κ1) is 14.4. The maximum Gasteiger partial charge on any atom is 0.0411 e. The number of hydrogen-bond donors (Lipinski definition) is 1. The van der Waals surface area contributed by atoms with Gasteiger partial charge < -0.3 is 10.2 Å². The van der Waals surface area contributed by atoms with Gasteiger partial charge in [0.05, 0.1) is 0 Å². The zero-order valence-electron chi connectivity index (χ0n) is 12.9. The van der Waals surface area contributed by atoms with Crippen LogP contribution in [0.3, 0.4) is 0 Å². The van der Waals surface area contributed by atoms with Gasteiger partial charge in [-0.3, -0.25) is 0 Å². The summed E-state index contributed by atoms with van der Waals surface area (Å²) in [6.45, 7) is 5.22. The van der Waals surface area contributed by atoms with Crippen LogP contribution in [0.5, 0.6) is 0 Å². The van der Waals surface area contributed by atoms with Gasteiger partial charge in [-0.1, -0.05) is 37.3 Å². The van der Waals surface area contributed by atoms with Crippen molar-refractivity contribution in [1.82, 2.24) is 0 Å². The van der Waals surface area contributed by atoms with Crippen LogP contribution in [0.25, 0.3) is 0 Å². The molecule has 0 bridgehead atoms. The standard InChI is InChI=1S/C18H24N2/c1-5-15-8-6-7-9-16(15)13-19-17-11-10-14(2)18(12-17)20(3)4/h6-12,19H,5,13H2,1-4H3. The molecule has 2 nitrogen and oxygen atoms in total. The number of hydrogen-bond acceptors (Lipinski definition) is 2. The summed E-state index contributed by atoms with van der Waals surface area (Å²) in [5, 5.41) is 3.53. The van der Waals surface area contributed by atoms with Gasteiger partial charge in [0.15, 0.2) is 0 Å². The van der Waals surface area contributed by atoms with E-state index in [0.29, 0.717) is 0 Å². The molecule has 0 fully saturated rings. The summed E-state index contributed by atoms with van der Waals surface area (Å²) in [5.74, 6) is 0. The fourth-order valence-corrected chi connectivity index (χ4v) is 2.47. The van der Waals surface area contributed by atoms with Crippen molar-refractivity contribution in [2.45, 2.75) is 26.8 Å². The minimum absolute atomic E-state index is 0.875. The molecule has 0 aliphatic heterocycles. The van der Waals surface area contributed by atoms with Crippen LogP contribution in [-0.4, -0.2) is 14.1 Å². The average molecular weight is 268 g/mol. The number of aryl methyl sites for hydroxylation is 2.